The van der Waals surface area contributed by atoms with Crippen molar-refractivity contribution in [1.29, 1.82) is 0 Å². The number of halogens is 1. The van der Waals surface area contributed by atoms with Gasteiger partial charge in [-0.2, -0.15) is 0 Å². The molecule has 132 valence electrons. The number of hydrogen-bond acceptors (Lipinski definition) is 3. The van der Waals surface area contributed by atoms with Gasteiger partial charge in [0.15, 0.2) is 0 Å². The fourth-order valence-electron chi connectivity index (χ4n) is 2.49. The number of carbonyl (C=O) groups excluding carboxylic acids is 1. The van der Waals surface area contributed by atoms with E-state index in [2.05, 4.69) is 29.5 Å². The van der Waals surface area contributed by atoms with Crippen molar-refractivity contribution in [3.05, 3.63) is 83.9 Å². The van der Waals surface area contributed by atoms with Crippen LogP contribution >= 0.6 is 0 Å². The van der Waals surface area contributed by atoms with Gasteiger partial charge in [0.05, 0.1) is 17.4 Å². The van der Waals surface area contributed by atoms with Crippen molar-refractivity contribution in [1.82, 2.24) is 4.98 Å². The second-order valence-corrected chi connectivity index (χ2v) is 6.33. The lowest BCUT2D eigenvalue weighted by Gasteiger charge is -2.10. The van der Waals surface area contributed by atoms with Crippen LogP contribution in [0.15, 0.2) is 67.0 Å². The molecule has 1 aromatic heterocycles. The van der Waals surface area contributed by atoms with E-state index in [4.69, 9.17) is 0 Å². The lowest BCUT2D eigenvalue weighted by atomic mass is 10.0. The van der Waals surface area contributed by atoms with Crippen LogP contribution in [0, 0.1) is 5.82 Å². The van der Waals surface area contributed by atoms with Gasteiger partial charge in [-0.05, 0) is 53.9 Å². The van der Waals surface area contributed by atoms with E-state index >= 15 is 0 Å². The maximum Gasteiger partial charge on any atom is 0.257 e. The third-order valence-electron chi connectivity index (χ3n) is 3.97. The lowest BCUT2D eigenvalue weighted by Crippen LogP contribution is -2.12. The number of nitrogens with zero attached hydrogens (tertiary/aromatic N) is 1. The Balaban J connectivity index is 1.70. The maximum atomic E-state index is 13.0. The lowest BCUT2D eigenvalue weighted by molar-refractivity contribution is 0.102. The zero-order chi connectivity index (χ0) is 18.5. The van der Waals surface area contributed by atoms with Crippen molar-refractivity contribution in [2.75, 3.05) is 10.6 Å². The van der Waals surface area contributed by atoms with Gasteiger partial charge in [0, 0.05) is 17.6 Å². The van der Waals surface area contributed by atoms with Crippen LogP contribution in [0.4, 0.5) is 21.5 Å². The number of amides is 1. The fourth-order valence-corrected chi connectivity index (χ4v) is 2.49. The number of benzene rings is 2. The molecule has 0 aliphatic carbocycles. The molecule has 0 unspecified atom stereocenters. The molecule has 2 aromatic carbocycles. The van der Waals surface area contributed by atoms with Crippen molar-refractivity contribution in [2.45, 2.75) is 19.8 Å². The predicted octanol–water partition coefficient (Wildman–Crippen LogP) is 5.34. The first-order valence-corrected chi connectivity index (χ1v) is 8.40. The molecule has 2 N–H and O–H groups in total. The van der Waals surface area contributed by atoms with Crippen LogP contribution < -0.4 is 10.6 Å². The molecule has 3 rings (SSSR count). The molecular weight excluding hydrogens is 329 g/mol. The molecule has 1 amide bonds. The van der Waals surface area contributed by atoms with Crippen LogP contribution in [-0.2, 0) is 0 Å². The highest BCUT2D eigenvalue weighted by Gasteiger charge is 2.08. The minimum absolute atomic E-state index is 0.238. The molecule has 0 atom stereocenters. The van der Waals surface area contributed by atoms with E-state index in [1.807, 2.05) is 24.3 Å². The molecule has 0 fully saturated rings. The van der Waals surface area contributed by atoms with Crippen molar-refractivity contribution < 1.29 is 9.18 Å². The van der Waals surface area contributed by atoms with Gasteiger partial charge in [-0.25, -0.2) is 4.39 Å². The first-order valence-electron chi connectivity index (χ1n) is 8.40. The van der Waals surface area contributed by atoms with E-state index in [-0.39, 0.29) is 11.7 Å². The summed E-state index contributed by atoms with van der Waals surface area (Å²) in [7, 11) is 0. The maximum absolute atomic E-state index is 13.0. The summed E-state index contributed by atoms with van der Waals surface area (Å²) in [4.78, 5) is 16.6. The summed E-state index contributed by atoms with van der Waals surface area (Å²) >= 11 is 0. The highest BCUT2D eigenvalue weighted by atomic mass is 19.1. The molecular formula is C21H20FN3O. The number of rotatable bonds is 5. The van der Waals surface area contributed by atoms with Crippen molar-refractivity contribution in [3.63, 3.8) is 0 Å². The summed E-state index contributed by atoms with van der Waals surface area (Å²) < 4.78 is 13.0. The van der Waals surface area contributed by atoms with Crippen molar-refractivity contribution >= 4 is 23.0 Å². The number of nitrogens with one attached hydrogen (secondary N) is 2. The number of anilines is 3. The molecule has 4 nitrogen and oxygen atoms in total. The molecule has 0 aliphatic rings. The molecule has 1 heterocycles. The Morgan fingerprint density at radius 1 is 0.923 bits per heavy atom. The van der Waals surface area contributed by atoms with E-state index in [1.54, 1.807) is 24.4 Å². The van der Waals surface area contributed by atoms with Crippen LogP contribution in [0.3, 0.4) is 0 Å². The summed E-state index contributed by atoms with van der Waals surface area (Å²) in [6.07, 6.45) is 3.12. The van der Waals surface area contributed by atoms with Crippen molar-refractivity contribution in [2.24, 2.45) is 0 Å². The minimum Gasteiger partial charge on any atom is -0.354 e. The monoisotopic (exact) mass is 349 g/mol. The second kappa shape index (κ2) is 7.78. The molecule has 0 spiro atoms. The smallest absolute Gasteiger partial charge is 0.257 e. The van der Waals surface area contributed by atoms with E-state index in [0.717, 1.165) is 11.4 Å². The largest absolute Gasteiger partial charge is 0.354 e. The molecule has 5 heteroatoms. The van der Waals surface area contributed by atoms with Crippen LogP contribution in [0.2, 0.25) is 0 Å². The number of carbonyl (C=O) groups is 1. The van der Waals surface area contributed by atoms with Gasteiger partial charge in [0.1, 0.15) is 5.82 Å². The third kappa shape index (κ3) is 4.45. The number of pyridine rings is 1. The fraction of sp³-hybridized carbons (Fsp3) is 0.143. The molecule has 0 saturated heterocycles. The van der Waals surface area contributed by atoms with Gasteiger partial charge in [0.25, 0.3) is 5.91 Å². The SMILES string of the molecule is CC(C)c1ccc(NC(=O)c2cncc(Nc3ccc(F)cc3)c2)cc1. The van der Waals surface area contributed by atoms with Gasteiger partial charge >= 0.3 is 0 Å². The number of hydrogen-bond donors (Lipinski definition) is 2. The highest BCUT2D eigenvalue weighted by Crippen LogP contribution is 2.19. The third-order valence-corrected chi connectivity index (χ3v) is 3.97. The average Bonchev–Trinajstić information content (AvgIpc) is 2.64. The van der Waals surface area contributed by atoms with Crippen LogP contribution in [0.1, 0.15) is 35.7 Å². The minimum atomic E-state index is -0.301. The van der Waals surface area contributed by atoms with Gasteiger partial charge in [0.2, 0.25) is 0 Å². The van der Waals surface area contributed by atoms with Crippen LogP contribution in [0.25, 0.3) is 0 Å². The van der Waals surface area contributed by atoms with E-state index in [9.17, 15) is 9.18 Å². The summed E-state index contributed by atoms with van der Waals surface area (Å²) in [6, 6.07) is 15.5. The van der Waals surface area contributed by atoms with E-state index in [1.165, 1.54) is 23.9 Å². The van der Waals surface area contributed by atoms with Gasteiger partial charge in [-0.15, -0.1) is 0 Å². The van der Waals surface area contributed by atoms with Gasteiger partial charge < -0.3 is 10.6 Å². The predicted molar refractivity (Wildman–Crippen MR) is 102 cm³/mol. The Labute approximate surface area is 152 Å². The highest BCUT2D eigenvalue weighted by molar-refractivity contribution is 6.04. The van der Waals surface area contributed by atoms with E-state index < -0.39 is 0 Å². The Hall–Kier alpha value is -3.21. The Bertz CT molecular complexity index is 890. The average molecular weight is 349 g/mol. The second-order valence-electron chi connectivity index (χ2n) is 6.33. The Morgan fingerprint density at radius 2 is 1.58 bits per heavy atom. The zero-order valence-electron chi connectivity index (χ0n) is 14.7. The summed E-state index contributed by atoms with van der Waals surface area (Å²) in [5.41, 5.74) is 3.76. The topological polar surface area (TPSA) is 54.0 Å². The summed E-state index contributed by atoms with van der Waals surface area (Å²) in [5.74, 6) is -0.0963. The first-order chi connectivity index (χ1) is 12.5. The standard InChI is InChI=1S/C21H20FN3O/c1-14(2)15-3-7-19(8-4-15)25-21(26)16-11-20(13-23-12-16)24-18-9-5-17(22)6-10-18/h3-14,24H,1-2H3,(H,25,26). The van der Waals surface area contributed by atoms with Crippen molar-refractivity contribution in [3.8, 4) is 0 Å². The molecule has 3 aromatic rings. The Kier molecular flexibility index (Phi) is 5.27. The van der Waals surface area contributed by atoms with E-state index in [0.29, 0.717) is 17.2 Å². The van der Waals surface area contributed by atoms with Gasteiger partial charge in [-0.3, -0.25) is 9.78 Å². The Morgan fingerprint density at radius 3 is 2.23 bits per heavy atom. The molecule has 0 saturated carbocycles. The molecule has 0 radical (unpaired) electrons. The molecule has 0 aliphatic heterocycles. The first kappa shape index (κ1) is 17.6. The number of aromatic nitrogens is 1. The quantitative estimate of drug-likeness (QED) is 0.654. The van der Waals surface area contributed by atoms with Gasteiger partial charge in [-0.1, -0.05) is 26.0 Å². The van der Waals surface area contributed by atoms with Crippen LogP contribution in [0.5, 0.6) is 0 Å². The summed E-state index contributed by atoms with van der Waals surface area (Å²) in [5, 5.41) is 5.97. The van der Waals surface area contributed by atoms with Crippen LogP contribution in [-0.4, -0.2) is 10.9 Å². The molecule has 0 bridgehead atoms. The zero-order valence-corrected chi connectivity index (χ0v) is 14.7. The molecule has 26 heavy (non-hydrogen) atoms. The summed E-state index contributed by atoms with van der Waals surface area (Å²) in [6.45, 7) is 4.25. The normalized spacial score (nSPS) is 10.6.